The lowest BCUT2D eigenvalue weighted by Gasteiger charge is -2.42. The third kappa shape index (κ3) is 12.8. The van der Waals surface area contributed by atoms with Gasteiger partial charge < -0.3 is 22.8 Å². The standard InChI is InChI=1S/C35H70O6Si3/c1-27-31(36)26-29(39-32(27)37)25-30(41-44(15,16)35(8,9)10)24-28(40-43(13,14)34(5,6)7)22-20-18-17-19-21-23-38-42(11,12)33(2,3)4/h26,28,30,36H,17-25H2,1-16H3/t28-,30+/m1/s1. The van der Waals surface area contributed by atoms with E-state index < -0.39 is 30.6 Å². The Morgan fingerprint density at radius 2 is 1.18 bits per heavy atom. The van der Waals surface area contributed by atoms with E-state index >= 15 is 0 Å². The summed E-state index contributed by atoms with van der Waals surface area (Å²) in [7, 11) is -5.85. The van der Waals surface area contributed by atoms with Crippen molar-refractivity contribution in [1.29, 1.82) is 0 Å². The molecule has 0 saturated heterocycles. The number of aromatic hydroxyl groups is 1. The first-order valence-electron chi connectivity index (χ1n) is 17.0. The Morgan fingerprint density at radius 3 is 1.66 bits per heavy atom. The Kier molecular flexibility index (Phi) is 14.9. The van der Waals surface area contributed by atoms with Gasteiger partial charge in [-0.2, -0.15) is 0 Å². The van der Waals surface area contributed by atoms with Crippen molar-refractivity contribution in [2.24, 2.45) is 0 Å². The van der Waals surface area contributed by atoms with Crippen LogP contribution in [0.25, 0.3) is 0 Å². The predicted molar refractivity (Wildman–Crippen MR) is 195 cm³/mol. The van der Waals surface area contributed by atoms with E-state index in [2.05, 4.69) is 102 Å². The van der Waals surface area contributed by atoms with Gasteiger partial charge in [-0.15, -0.1) is 0 Å². The molecule has 0 unspecified atom stereocenters. The average Bonchev–Trinajstić information content (AvgIpc) is 2.81. The fraction of sp³-hybridized carbons (Fsp3) is 0.857. The molecule has 9 heteroatoms. The largest absolute Gasteiger partial charge is 0.507 e. The molecule has 258 valence electrons. The van der Waals surface area contributed by atoms with Gasteiger partial charge in [0.2, 0.25) is 0 Å². The molecule has 2 atom stereocenters. The van der Waals surface area contributed by atoms with Crippen LogP contribution in [0.4, 0.5) is 0 Å². The molecule has 0 fully saturated rings. The van der Waals surface area contributed by atoms with Crippen LogP contribution in [0.3, 0.4) is 0 Å². The van der Waals surface area contributed by atoms with E-state index in [0.717, 1.165) is 32.3 Å². The summed E-state index contributed by atoms with van der Waals surface area (Å²) >= 11 is 0. The summed E-state index contributed by atoms with van der Waals surface area (Å²) in [5.41, 5.74) is -0.254. The summed E-state index contributed by atoms with van der Waals surface area (Å²) in [6, 6.07) is 1.58. The van der Waals surface area contributed by atoms with Gasteiger partial charge in [0.1, 0.15) is 11.5 Å². The van der Waals surface area contributed by atoms with Crippen LogP contribution in [0.2, 0.25) is 54.4 Å². The molecule has 1 aromatic heterocycles. The lowest BCUT2D eigenvalue weighted by Crippen LogP contribution is -2.47. The molecule has 0 amide bonds. The van der Waals surface area contributed by atoms with Crippen molar-refractivity contribution < 1.29 is 22.8 Å². The van der Waals surface area contributed by atoms with Gasteiger partial charge in [0.15, 0.2) is 25.0 Å². The van der Waals surface area contributed by atoms with E-state index in [-0.39, 0.29) is 38.6 Å². The average molecular weight is 671 g/mol. The molecule has 1 heterocycles. The summed E-state index contributed by atoms with van der Waals surface area (Å²) in [4.78, 5) is 12.4. The van der Waals surface area contributed by atoms with Crippen LogP contribution in [0.15, 0.2) is 15.3 Å². The molecule has 44 heavy (non-hydrogen) atoms. The molecular formula is C35H70O6Si3. The zero-order chi connectivity index (χ0) is 34.4. The molecule has 1 N–H and O–H groups in total. The summed E-state index contributed by atoms with van der Waals surface area (Å²) in [5, 5.41) is 10.7. The molecule has 0 bridgehead atoms. The van der Waals surface area contributed by atoms with Gasteiger partial charge in [-0.1, -0.05) is 88.0 Å². The van der Waals surface area contributed by atoms with Crippen molar-refractivity contribution >= 4 is 25.0 Å². The second-order valence-corrected chi connectivity index (χ2v) is 31.9. The van der Waals surface area contributed by atoms with Crippen LogP contribution in [-0.4, -0.2) is 48.9 Å². The van der Waals surface area contributed by atoms with Crippen LogP contribution in [0.5, 0.6) is 5.75 Å². The van der Waals surface area contributed by atoms with E-state index in [1.807, 2.05) is 0 Å². The fourth-order valence-corrected chi connectivity index (χ4v) is 8.20. The first kappa shape index (κ1) is 41.3. The van der Waals surface area contributed by atoms with Gasteiger partial charge in [0.05, 0.1) is 11.7 Å². The number of hydrogen-bond donors (Lipinski definition) is 1. The van der Waals surface area contributed by atoms with Crippen molar-refractivity contribution in [2.75, 3.05) is 6.61 Å². The highest BCUT2D eigenvalue weighted by molar-refractivity contribution is 6.75. The molecule has 0 spiro atoms. The first-order valence-corrected chi connectivity index (χ1v) is 25.7. The Balaban J connectivity index is 3.04. The number of rotatable bonds is 17. The molecule has 0 saturated carbocycles. The Hall–Kier alpha value is -0.719. The Morgan fingerprint density at radius 1 is 0.727 bits per heavy atom. The van der Waals surface area contributed by atoms with E-state index in [0.29, 0.717) is 12.2 Å². The SMILES string of the molecule is Cc1c(O)cc(C[C@H](C[C@@H](CCCCCCCO[Si](C)(C)C(C)(C)C)O[Si](C)(C)C(C)(C)C)O[Si](C)(C)C(C)(C)C)oc1=O. The summed E-state index contributed by atoms with van der Waals surface area (Å²) in [6.45, 7) is 36.8. The monoisotopic (exact) mass is 670 g/mol. The van der Waals surface area contributed by atoms with Gasteiger partial charge in [0.25, 0.3) is 0 Å². The van der Waals surface area contributed by atoms with E-state index in [1.165, 1.54) is 19.3 Å². The van der Waals surface area contributed by atoms with Crippen molar-refractivity contribution in [3.63, 3.8) is 0 Å². The third-order valence-electron chi connectivity index (χ3n) is 10.6. The molecule has 0 aliphatic heterocycles. The second kappa shape index (κ2) is 15.9. The van der Waals surface area contributed by atoms with Crippen molar-refractivity contribution in [2.45, 2.75) is 187 Å². The fourth-order valence-electron chi connectivity index (χ4n) is 4.34. The van der Waals surface area contributed by atoms with E-state index in [4.69, 9.17) is 17.7 Å². The van der Waals surface area contributed by atoms with Crippen molar-refractivity contribution in [3.05, 3.63) is 27.8 Å². The maximum absolute atomic E-state index is 12.4. The highest BCUT2D eigenvalue weighted by Gasteiger charge is 2.42. The zero-order valence-corrected chi connectivity index (χ0v) is 34.6. The topological polar surface area (TPSA) is 78.1 Å². The van der Waals surface area contributed by atoms with E-state index in [9.17, 15) is 9.90 Å². The van der Waals surface area contributed by atoms with Gasteiger partial charge in [-0.3, -0.25) is 0 Å². The van der Waals surface area contributed by atoms with Crippen LogP contribution in [0.1, 0.15) is 119 Å². The number of unbranched alkanes of at least 4 members (excludes halogenated alkanes) is 4. The summed E-state index contributed by atoms with van der Waals surface area (Å²) in [6.07, 6.45) is 7.81. The third-order valence-corrected chi connectivity index (χ3v) is 24.2. The summed E-state index contributed by atoms with van der Waals surface area (Å²) < 4.78 is 26.1. The van der Waals surface area contributed by atoms with Crippen LogP contribution in [-0.2, 0) is 19.7 Å². The van der Waals surface area contributed by atoms with Crippen molar-refractivity contribution in [1.82, 2.24) is 0 Å². The van der Waals surface area contributed by atoms with Gasteiger partial charge in [0, 0.05) is 25.2 Å². The minimum Gasteiger partial charge on any atom is -0.507 e. The summed E-state index contributed by atoms with van der Waals surface area (Å²) in [5.74, 6) is 0.443. The zero-order valence-electron chi connectivity index (χ0n) is 31.6. The smallest absolute Gasteiger partial charge is 0.342 e. The van der Waals surface area contributed by atoms with Crippen LogP contribution < -0.4 is 5.63 Å². The minimum atomic E-state index is -2.14. The lowest BCUT2D eigenvalue weighted by atomic mass is 10.0. The normalized spacial score (nSPS) is 15.5. The first-order chi connectivity index (χ1) is 19.7. The molecule has 0 aliphatic rings. The molecule has 6 nitrogen and oxygen atoms in total. The maximum Gasteiger partial charge on any atom is 0.342 e. The molecule has 1 rings (SSSR count). The highest BCUT2D eigenvalue weighted by atomic mass is 28.4. The molecule has 1 aromatic rings. The molecule has 0 radical (unpaired) electrons. The lowest BCUT2D eigenvalue weighted by molar-refractivity contribution is 0.0822. The molecular weight excluding hydrogens is 601 g/mol. The predicted octanol–water partition coefficient (Wildman–Crippen LogP) is 10.7. The molecule has 0 aromatic carbocycles. The molecule has 0 aliphatic carbocycles. The van der Waals surface area contributed by atoms with Gasteiger partial charge >= 0.3 is 5.63 Å². The highest BCUT2D eigenvalue weighted by Crippen LogP contribution is 2.41. The van der Waals surface area contributed by atoms with Crippen molar-refractivity contribution in [3.8, 4) is 5.75 Å². The van der Waals surface area contributed by atoms with Gasteiger partial charge in [-0.25, -0.2) is 4.79 Å². The minimum absolute atomic E-state index is 0.0221. The van der Waals surface area contributed by atoms with Gasteiger partial charge in [-0.05, 0) is 80.6 Å². The van der Waals surface area contributed by atoms with Crippen LogP contribution in [0, 0.1) is 6.92 Å². The van der Waals surface area contributed by atoms with Crippen LogP contribution >= 0.6 is 0 Å². The quantitative estimate of drug-likeness (QED) is 0.131. The van der Waals surface area contributed by atoms with E-state index in [1.54, 1.807) is 13.0 Å². The number of hydrogen-bond acceptors (Lipinski definition) is 6. The maximum atomic E-state index is 12.4. The Labute approximate surface area is 274 Å². The second-order valence-electron chi connectivity index (χ2n) is 17.6. The Bertz CT molecular complexity index is 1070.